The van der Waals surface area contributed by atoms with Crippen LogP contribution in [0.3, 0.4) is 0 Å². The van der Waals surface area contributed by atoms with Gasteiger partial charge in [-0.3, -0.25) is 8.37 Å². The molecule has 1 heterocycles. The van der Waals surface area contributed by atoms with Gasteiger partial charge in [-0.15, -0.1) is 0 Å². The predicted molar refractivity (Wildman–Crippen MR) is 39.6 cm³/mol. The Hall–Kier alpha value is -0.390. The van der Waals surface area contributed by atoms with E-state index in [-0.39, 0.29) is 0 Å². The normalized spacial score (nSPS) is 27.1. The maximum absolute atomic E-state index is 12.2. The Bertz CT molecular complexity index is 397. The van der Waals surface area contributed by atoms with Gasteiger partial charge in [-0.1, -0.05) is 0 Å². The minimum atomic E-state index is -5.50. The van der Waals surface area contributed by atoms with E-state index in [0.29, 0.717) is 0 Å². The van der Waals surface area contributed by atoms with Crippen molar-refractivity contribution < 1.29 is 38.4 Å². The molecule has 1 fully saturated rings. The van der Waals surface area contributed by atoms with Gasteiger partial charge < -0.3 is 0 Å². The fourth-order valence-corrected chi connectivity index (χ4v) is 3.89. The molecule has 0 amide bonds. The summed E-state index contributed by atoms with van der Waals surface area (Å²) in [4.78, 5) is 0. The first-order chi connectivity index (χ1) is 6.57. The van der Waals surface area contributed by atoms with Gasteiger partial charge in [-0.05, 0) is 0 Å². The Kier molecular flexibility index (Phi) is 3.02. The van der Waals surface area contributed by atoms with Gasteiger partial charge in [-0.25, -0.2) is 0 Å². The van der Waals surface area contributed by atoms with Crippen molar-refractivity contribution in [3.05, 3.63) is 0 Å². The lowest BCUT2D eigenvalue weighted by Crippen LogP contribution is -2.43. The Morgan fingerprint density at radius 2 is 1.27 bits per heavy atom. The van der Waals surface area contributed by atoms with Crippen LogP contribution in [0.4, 0.5) is 13.2 Å². The topological polar surface area (TPSA) is 86.7 Å². The first-order valence-electron chi connectivity index (χ1n) is 3.40. The van der Waals surface area contributed by atoms with Crippen molar-refractivity contribution in [1.29, 1.82) is 0 Å². The highest BCUT2D eigenvalue weighted by atomic mass is 32.3. The van der Waals surface area contributed by atoms with Crippen LogP contribution in [0.5, 0.6) is 0 Å². The second-order valence-corrected chi connectivity index (χ2v) is 6.19. The van der Waals surface area contributed by atoms with Crippen molar-refractivity contribution in [3.63, 3.8) is 0 Å². The van der Waals surface area contributed by atoms with Crippen LogP contribution in [0.15, 0.2) is 0 Å². The molecule has 0 aromatic rings. The number of halogens is 3. The van der Waals surface area contributed by atoms with Gasteiger partial charge in [0.15, 0.2) is 0 Å². The van der Waals surface area contributed by atoms with Crippen LogP contribution < -0.4 is 0 Å². The van der Waals surface area contributed by atoms with Crippen molar-refractivity contribution >= 4 is 20.2 Å². The summed E-state index contributed by atoms with van der Waals surface area (Å²) >= 11 is 0. The molecule has 0 spiro atoms. The van der Waals surface area contributed by atoms with Gasteiger partial charge in [0, 0.05) is 0 Å². The summed E-state index contributed by atoms with van der Waals surface area (Å²) in [5.74, 6) is 0. The molecule has 11 heteroatoms. The third-order valence-corrected chi connectivity index (χ3v) is 5.36. The summed E-state index contributed by atoms with van der Waals surface area (Å²) < 4.78 is 84.0. The Balaban J connectivity index is 3.36. The van der Waals surface area contributed by atoms with Crippen molar-refractivity contribution in [1.82, 2.24) is 0 Å². The van der Waals surface area contributed by atoms with E-state index in [1.54, 1.807) is 0 Å². The quantitative estimate of drug-likeness (QED) is 0.556. The van der Waals surface area contributed by atoms with E-state index < -0.39 is 44.2 Å². The standard InChI is InChI=1S/C4H5F3O6S2/c5-4(6,7)3-14(8,9)12-1-2-13-15(3,10)11/h3H,1-2H2. The fraction of sp³-hybridized carbons (Fsp3) is 1.00. The van der Waals surface area contributed by atoms with Gasteiger partial charge in [0.25, 0.3) is 20.2 Å². The molecule has 0 unspecified atom stereocenters. The molecule has 90 valence electrons. The van der Waals surface area contributed by atoms with Crippen molar-refractivity contribution in [3.8, 4) is 0 Å². The zero-order valence-electron chi connectivity index (χ0n) is 6.89. The minimum absolute atomic E-state index is 0.770. The Morgan fingerprint density at radius 3 is 1.53 bits per heavy atom. The highest BCUT2D eigenvalue weighted by Crippen LogP contribution is 2.33. The van der Waals surface area contributed by atoms with Crippen LogP contribution in [-0.2, 0) is 28.6 Å². The molecule has 1 aliphatic rings. The lowest BCUT2D eigenvalue weighted by Gasteiger charge is -2.15. The molecule has 1 rings (SSSR count). The second-order valence-electron chi connectivity index (χ2n) is 2.50. The Morgan fingerprint density at radius 1 is 0.933 bits per heavy atom. The third kappa shape index (κ3) is 2.59. The van der Waals surface area contributed by atoms with Gasteiger partial charge in [0.05, 0.1) is 13.2 Å². The zero-order valence-corrected chi connectivity index (χ0v) is 8.52. The minimum Gasteiger partial charge on any atom is -0.266 e. The average Bonchev–Trinajstić information content (AvgIpc) is 2.02. The molecule has 1 saturated heterocycles. The maximum atomic E-state index is 12.2. The number of rotatable bonds is 0. The van der Waals surface area contributed by atoms with E-state index in [1.165, 1.54) is 0 Å². The number of hydrogen-bond donors (Lipinski definition) is 0. The summed E-state index contributed by atoms with van der Waals surface area (Å²) in [6.45, 7) is -1.54. The van der Waals surface area contributed by atoms with Crippen LogP contribution in [-0.4, -0.2) is 40.8 Å². The fourth-order valence-electron chi connectivity index (χ4n) is 0.896. The summed E-state index contributed by atoms with van der Waals surface area (Å²) in [5, 5.41) is 0. The largest absolute Gasteiger partial charge is 0.424 e. The first-order valence-corrected chi connectivity index (χ1v) is 6.35. The molecule has 1 aliphatic heterocycles. The molecular formula is C4H5F3O6S2. The van der Waals surface area contributed by atoms with Gasteiger partial charge in [0.1, 0.15) is 0 Å². The van der Waals surface area contributed by atoms with Crippen LogP contribution in [0.1, 0.15) is 0 Å². The monoisotopic (exact) mass is 270 g/mol. The molecule has 0 aromatic heterocycles. The second kappa shape index (κ2) is 3.57. The van der Waals surface area contributed by atoms with E-state index in [0.717, 1.165) is 0 Å². The lowest BCUT2D eigenvalue weighted by atomic mass is 10.8. The molecule has 15 heavy (non-hydrogen) atoms. The highest BCUT2D eigenvalue weighted by molar-refractivity contribution is 8.05. The molecule has 0 N–H and O–H groups in total. The van der Waals surface area contributed by atoms with Crippen LogP contribution >= 0.6 is 0 Å². The van der Waals surface area contributed by atoms with Gasteiger partial charge in [-0.2, -0.15) is 30.0 Å². The van der Waals surface area contributed by atoms with E-state index in [4.69, 9.17) is 0 Å². The number of hydrogen-bond acceptors (Lipinski definition) is 6. The predicted octanol–water partition coefficient (Wildman–Crippen LogP) is -0.419. The highest BCUT2D eigenvalue weighted by Gasteiger charge is 2.60. The van der Waals surface area contributed by atoms with E-state index >= 15 is 0 Å². The summed E-state index contributed by atoms with van der Waals surface area (Å²) in [5.41, 5.74) is 0. The summed E-state index contributed by atoms with van der Waals surface area (Å²) in [6.07, 6.45) is -5.50. The van der Waals surface area contributed by atoms with Crippen molar-refractivity contribution in [2.24, 2.45) is 0 Å². The third-order valence-electron chi connectivity index (χ3n) is 1.37. The van der Waals surface area contributed by atoms with Crippen molar-refractivity contribution in [2.45, 2.75) is 10.8 Å². The smallest absolute Gasteiger partial charge is 0.266 e. The molecule has 0 aromatic carbocycles. The number of alkyl halides is 3. The van der Waals surface area contributed by atoms with Crippen LogP contribution in [0.25, 0.3) is 0 Å². The average molecular weight is 270 g/mol. The van der Waals surface area contributed by atoms with E-state index in [2.05, 4.69) is 8.37 Å². The molecule has 0 atom stereocenters. The molecule has 0 saturated carbocycles. The molecular weight excluding hydrogens is 265 g/mol. The lowest BCUT2D eigenvalue weighted by molar-refractivity contribution is -0.117. The first kappa shape index (κ1) is 12.7. The van der Waals surface area contributed by atoms with Gasteiger partial charge >= 0.3 is 10.8 Å². The van der Waals surface area contributed by atoms with E-state index in [1.807, 2.05) is 0 Å². The molecule has 0 bridgehead atoms. The van der Waals surface area contributed by atoms with Crippen LogP contribution in [0.2, 0.25) is 0 Å². The maximum Gasteiger partial charge on any atom is 0.424 e. The molecule has 6 nitrogen and oxygen atoms in total. The van der Waals surface area contributed by atoms with E-state index in [9.17, 15) is 30.0 Å². The summed E-state index contributed by atoms with van der Waals surface area (Å²) in [7, 11) is -10.5. The molecule has 0 radical (unpaired) electrons. The van der Waals surface area contributed by atoms with Crippen molar-refractivity contribution in [2.75, 3.05) is 13.2 Å². The molecule has 0 aliphatic carbocycles. The Labute approximate surface area is 83.2 Å². The zero-order chi connectivity index (χ0) is 11.9. The van der Waals surface area contributed by atoms with Crippen LogP contribution in [0, 0.1) is 0 Å². The van der Waals surface area contributed by atoms with Gasteiger partial charge in [0.2, 0.25) is 0 Å². The SMILES string of the molecule is O=S1(=O)OCCOS(=O)(=O)C1C(F)(F)F. The summed E-state index contributed by atoms with van der Waals surface area (Å²) in [6, 6.07) is 0.